The van der Waals surface area contributed by atoms with Crippen LogP contribution in [0.5, 0.6) is 0 Å². The van der Waals surface area contributed by atoms with Crippen LogP contribution in [0, 0.1) is 31.0 Å². The third kappa shape index (κ3) is 1.90. The molecule has 1 saturated heterocycles. The Balaban J connectivity index is 1.55. The summed E-state index contributed by atoms with van der Waals surface area (Å²) in [6.45, 7) is 5.00. The molecule has 4 nitrogen and oxygen atoms in total. The minimum Gasteiger partial charge on any atom is -0.366 e. The number of hydrogen-bond acceptors (Lipinski definition) is 3. The zero-order chi connectivity index (χ0) is 19.6. The van der Waals surface area contributed by atoms with E-state index in [2.05, 4.69) is 4.90 Å². The fourth-order valence-electron chi connectivity index (χ4n) is 6.43. The van der Waals surface area contributed by atoms with Gasteiger partial charge in [-0.3, -0.25) is 4.79 Å². The number of pyridine rings is 1. The van der Waals surface area contributed by atoms with E-state index < -0.39 is 6.17 Å². The molecule has 28 heavy (non-hydrogen) atoms. The van der Waals surface area contributed by atoms with E-state index in [1.54, 1.807) is 13.1 Å². The highest BCUT2D eigenvalue weighted by Gasteiger charge is 2.72. The number of hydrogen-bond donors (Lipinski definition) is 1. The van der Waals surface area contributed by atoms with Gasteiger partial charge in [-0.25, -0.2) is 8.78 Å². The van der Waals surface area contributed by atoms with Crippen molar-refractivity contribution in [3.63, 3.8) is 0 Å². The summed E-state index contributed by atoms with van der Waals surface area (Å²) in [6, 6.07) is 1.10. The molecule has 6 heteroatoms. The minimum atomic E-state index is -0.900. The second-order valence-corrected chi connectivity index (χ2v) is 9.70. The summed E-state index contributed by atoms with van der Waals surface area (Å²) in [4.78, 5) is 14.8. The highest BCUT2D eigenvalue weighted by atomic mass is 19.1. The molecule has 4 fully saturated rings. The molecule has 0 amide bonds. The smallest absolute Gasteiger partial charge is 0.192 e. The number of halogens is 2. The Morgan fingerprint density at radius 2 is 2.04 bits per heavy atom. The number of aryl methyl sites for hydroxylation is 2. The molecule has 148 valence electrons. The maximum Gasteiger partial charge on any atom is 0.192 e. The molecule has 3 aliphatic carbocycles. The normalized spacial score (nSPS) is 38.0. The van der Waals surface area contributed by atoms with E-state index in [-0.39, 0.29) is 28.2 Å². The molecule has 5 atom stereocenters. The Bertz CT molecular complexity index is 1110. The van der Waals surface area contributed by atoms with Gasteiger partial charge in [0.25, 0.3) is 0 Å². The second kappa shape index (κ2) is 4.96. The summed E-state index contributed by atoms with van der Waals surface area (Å²) in [7, 11) is 0. The van der Waals surface area contributed by atoms with Crippen LogP contribution in [0.25, 0.3) is 10.9 Å². The average Bonchev–Trinajstić information content (AvgIpc) is 3.47. The Kier molecular flexibility index (Phi) is 3.00. The zero-order valence-electron chi connectivity index (χ0n) is 16.3. The molecule has 1 spiro atoms. The topological polar surface area (TPSA) is 51.3 Å². The van der Waals surface area contributed by atoms with Crippen molar-refractivity contribution in [1.82, 2.24) is 4.57 Å². The number of aromatic nitrogens is 1. The van der Waals surface area contributed by atoms with Crippen LogP contribution < -0.4 is 16.1 Å². The van der Waals surface area contributed by atoms with E-state index in [1.165, 1.54) is 12.5 Å². The number of fused-ring (bicyclic) bond motifs is 1. The number of nitrogens with two attached hydrogens (primary N) is 1. The zero-order valence-corrected chi connectivity index (χ0v) is 16.3. The monoisotopic (exact) mass is 385 g/mol. The van der Waals surface area contributed by atoms with Gasteiger partial charge in [-0.2, -0.15) is 0 Å². The molecule has 3 saturated carbocycles. The maximum atomic E-state index is 15.3. The van der Waals surface area contributed by atoms with Crippen molar-refractivity contribution in [2.45, 2.75) is 57.3 Å². The van der Waals surface area contributed by atoms with E-state index in [1.807, 2.05) is 11.5 Å². The first-order valence-corrected chi connectivity index (χ1v) is 10.3. The summed E-state index contributed by atoms with van der Waals surface area (Å²) < 4.78 is 31.1. The number of rotatable bonds is 2. The number of benzene rings is 1. The van der Waals surface area contributed by atoms with Gasteiger partial charge in [0, 0.05) is 47.6 Å². The summed E-state index contributed by atoms with van der Waals surface area (Å²) in [5.74, 6) is 0.301. The first-order valence-electron chi connectivity index (χ1n) is 10.3. The van der Waals surface area contributed by atoms with Crippen molar-refractivity contribution < 1.29 is 8.78 Å². The first kappa shape index (κ1) is 17.0. The van der Waals surface area contributed by atoms with Crippen molar-refractivity contribution in [3.05, 3.63) is 39.4 Å². The van der Waals surface area contributed by atoms with Crippen LogP contribution in [0.2, 0.25) is 0 Å². The highest BCUT2D eigenvalue weighted by molar-refractivity contribution is 5.88. The number of alkyl halides is 1. The molecular weight excluding hydrogens is 360 g/mol. The first-order chi connectivity index (χ1) is 13.3. The predicted molar refractivity (Wildman–Crippen MR) is 105 cm³/mol. The van der Waals surface area contributed by atoms with Crippen LogP contribution in [0.15, 0.2) is 17.1 Å². The van der Waals surface area contributed by atoms with Gasteiger partial charge in [0.2, 0.25) is 0 Å². The van der Waals surface area contributed by atoms with E-state index in [4.69, 9.17) is 5.73 Å². The molecule has 6 rings (SSSR count). The van der Waals surface area contributed by atoms with Gasteiger partial charge >= 0.3 is 0 Å². The third-order valence-corrected chi connectivity index (χ3v) is 8.12. The van der Waals surface area contributed by atoms with Crippen LogP contribution >= 0.6 is 0 Å². The fourth-order valence-corrected chi connectivity index (χ4v) is 6.43. The van der Waals surface area contributed by atoms with Crippen LogP contribution in [0.3, 0.4) is 0 Å². The van der Waals surface area contributed by atoms with Gasteiger partial charge in [0.1, 0.15) is 12.0 Å². The van der Waals surface area contributed by atoms with Crippen molar-refractivity contribution in [1.29, 1.82) is 0 Å². The summed E-state index contributed by atoms with van der Waals surface area (Å²) in [5.41, 5.74) is 8.94. The molecule has 1 aromatic heterocycles. The van der Waals surface area contributed by atoms with Crippen LogP contribution in [0.4, 0.5) is 14.5 Å². The minimum absolute atomic E-state index is 0.133. The number of anilines is 1. The largest absolute Gasteiger partial charge is 0.366 e. The highest BCUT2D eigenvalue weighted by Crippen LogP contribution is 2.70. The molecule has 2 aromatic rings. The lowest BCUT2D eigenvalue weighted by molar-refractivity contribution is 0.344. The molecule has 2 N–H and O–H groups in total. The molecule has 1 aliphatic heterocycles. The molecule has 1 aromatic carbocycles. The van der Waals surface area contributed by atoms with Crippen molar-refractivity contribution in [2.75, 3.05) is 18.0 Å². The average molecular weight is 385 g/mol. The van der Waals surface area contributed by atoms with Crippen molar-refractivity contribution in [2.24, 2.45) is 17.1 Å². The Morgan fingerprint density at radius 1 is 1.29 bits per heavy atom. The second-order valence-electron chi connectivity index (χ2n) is 9.70. The summed E-state index contributed by atoms with van der Waals surface area (Å²) >= 11 is 0. The Hall–Kier alpha value is -1.95. The van der Waals surface area contributed by atoms with Crippen LogP contribution in [-0.4, -0.2) is 29.4 Å². The summed E-state index contributed by atoms with van der Waals surface area (Å²) in [6.07, 6.45) is 4.61. The van der Waals surface area contributed by atoms with E-state index >= 15 is 4.39 Å². The number of nitrogens with zero attached hydrogens (tertiary/aromatic N) is 2. The van der Waals surface area contributed by atoms with Crippen molar-refractivity contribution >= 4 is 16.6 Å². The van der Waals surface area contributed by atoms with Crippen LogP contribution in [0.1, 0.15) is 42.9 Å². The lowest BCUT2D eigenvalue weighted by atomic mass is 9.86. The lowest BCUT2D eigenvalue weighted by Crippen LogP contribution is -2.47. The summed E-state index contributed by atoms with van der Waals surface area (Å²) in [5, 5.41) is 0.349. The van der Waals surface area contributed by atoms with E-state index in [0.29, 0.717) is 41.0 Å². The lowest BCUT2D eigenvalue weighted by Gasteiger charge is -2.27. The molecule has 2 unspecified atom stereocenters. The Labute approximate surface area is 162 Å². The van der Waals surface area contributed by atoms with E-state index in [0.717, 1.165) is 24.9 Å². The molecule has 0 radical (unpaired) electrons. The third-order valence-electron chi connectivity index (χ3n) is 8.12. The predicted octanol–water partition coefficient (Wildman–Crippen LogP) is 3.36. The molecule has 0 bridgehead atoms. The van der Waals surface area contributed by atoms with Crippen molar-refractivity contribution in [3.8, 4) is 0 Å². The molecule has 4 aliphatic rings. The quantitative estimate of drug-likeness (QED) is 0.863. The van der Waals surface area contributed by atoms with Gasteiger partial charge in [0.05, 0.1) is 17.2 Å². The Morgan fingerprint density at radius 3 is 2.68 bits per heavy atom. The van der Waals surface area contributed by atoms with E-state index in [9.17, 15) is 9.18 Å². The van der Waals surface area contributed by atoms with Gasteiger partial charge in [-0.15, -0.1) is 0 Å². The van der Waals surface area contributed by atoms with Gasteiger partial charge in [0.15, 0.2) is 5.43 Å². The van der Waals surface area contributed by atoms with Gasteiger partial charge in [-0.05, 0) is 50.7 Å². The van der Waals surface area contributed by atoms with Gasteiger partial charge < -0.3 is 15.2 Å². The standard InChI is InChI=1S/C22H25F2N3O/c1-11-8-27(17-6-15(17)23)18-12(2)19(16(24)5-14(18)20(11)28)26-9-21-7-13(21)3-4-22(21,25)10-26/h5,8,13,15,17H,3-4,6-7,9-10,25H2,1-2H3/t13?,15-,17+,21?,22+/m0/s1. The van der Waals surface area contributed by atoms with Gasteiger partial charge in [-0.1, -0.05) is 0 Å². The fraction of sp³-hybridized carbons (Fsp3) is 0.591. The maximum absolute atomic E-state index is 15.3. The molecular formula is C22H25F2N3O. The molecule has 2 heterocycles. The van der Waals surface area contributed by atoms with Crippen LogP contribution in [-0.2, 0) is 0 Å². The SMILES string of the molecule is Cc1cn([C@@H]2C[C@@H]2F)c2c(C)c(N3CC45CC4CC[C@@]5(N)C3)c(F)cc2c1=O.